The van der Waals surface area contributed by atoms with Gasteiger partial charge in [0.25, 0.3) is 0 Å². The molecule has 1 aromatic carbocycles. The van der Waals surface area contributed by atoms with Crippen molar-refractivity contribution >= 4 is 39.2 Å². The Bertz CT molecular complexity index is 636. The lowest BCUT2D eigenvalue weighted by molar-refractivity contribution is -0.130. The van der Waals surface area contributed by atoms with E-state index in [0.29, 0.717) is 12.3 Å². The highest BCUT2D eigenvalue weighted by Gasteiger charge is 2.23. The van der Waals surface area contributed by atoms with Gasteiger partial charge in [-0.25, -0.2) is 4.98 Å². The van der Waals surface area contributed by atoms with Crippen LogP contribution in [-0.2, 0) is 9.53 Å². The first-order chi connectivity index (χ1) is 11.8. The SMILES string of the molecule is NCCCOC1CCN(C(=O)CSc2nc3ccccc3s2)CC1. The number of carbonyl (C=O) groups excluding carboxylic acids is 1. The van der Waals surface area contributed by atoms with Crippen LogP contribution in [-0.4, -0.2) is 53.9 Å². The number of ether oxygens (including phenoxy) is 1. The molecule has 24 heavy (non-hydrogen) atoms. The van der Waals surface area contributed by atoms with E-state index >= 15 is 0 Å². The Morgan fingerprint density at radius 3 is 2.92 bits per heavy atom. The highest BCUT2D eigenvalue weighted by molar-refractivity contribution is 8.01. The molecule has 0 radical (unpaired) electrons. The monoisotopic (exact) mass is 365 g/mol. The largest absolute Gasteiger partial charge is 0.378 e. The van der Waals surface area contributed by atoms with Crippen molar-refractivity contribution in [3.05, 3.63) is 24.3 Å². The molecule has 0 atom stereocenters. The smallest absolute Gasteiger partial charge is 0.233 e. The Morgan fingerprint density at radius 2 is 2.17 bits per heavy atom. The summed E-state index contributed by atoms with van der Waals surface area (Å²) in [4.78, 5) is 18.9. The third-order valence-electron chi connectivity index (χ3n) is 4.09. The third-order valence-corrected chi connectivity index (χ3v) is 6.25. The Balaban J connectivity index is 1.42. The zero-order valence-electron chi connectivity index (χ0n) is 13.6. The molecule has 0 aliphatic carbocycles. The molecular formula is C17H23N3O2S2. The fourth-order valence-corrected chi connectivity index (χ4v) is 4.70. The van der Waals surface area contributed by atoms with Crippen molar-refractivity contribution < 1.29 is 9.53 Å². The van der Waals surface area contributed by atoms with Crippen LogP contribution in [0.5, 0.6) is 0 Å². The molecule has 1 saturated heterocycles. The molecule has 3 rings (SSSR count). The predicted molar refractivity (Wildman–Crippen MR) is 99.6 cm³/mol. The number of rotatable bonds is 7. The van der Waals surface area contributed by atoms with Crippen LogP contribution in [0.4, 0.5) is 0 Å². The van der Waals surface area contributed by atoms with Gasteiger partial charge in [-0.05, 0) is 37.9 Å². The molecule has 0 saturated carbocycles. The first kappa shape index (κ1) is 17.7. The summed E-state index contributed by atoms with van der Waals surface area (Å²) in [7, 11) is 0. The molecule has 1 aromatic heterocycles. The summed E-state index contributed by atoms with van der Waals surface area (Å²) in [5.41, 5.74) is 6.48. The van der Waals surface area contributed by atoms with Gasteiger partial charge in [0.05, 0.1) is 22.1 Å². The molecule has 1 amide bonds. The number of piperidine rings is 1. The third kappa shape index (κ3) is 4.69. The van der Waals surface area contributed by atoms with Crippen LogP contribution in [0, 0.1) is 0 Å². The predicted octanol–water partition coefficient (Wildman–Crippen LogP) is 2.74. The summed E-state index contributed by atoms with van der Waals surface area (Å²) < 4.78 is 7.91. The highest BCUT2D eigenvalue weighted by atomic mass is 32.2. The molecular weight excluding hydrogens is 342 g/mol. The maximum atomic E-state index is 12.4. The second-order valence-corrected chi connectivity index (χ2v) is 8.08. The number of para-hydroxylation sites is 1. The Hall–Kier alpha value is -1.15. The number of amides is 1. The second-order valence-electron chi connectivity index (χ2n) is 5.83. The fourth-order valence-electron chi connectivity index (χ4n) is 2.73. The topological polar surface area (TPSA) is 68.5 Å². The van der Waals surface area contributed by atoms with Crippen LogP contribution in [0.1, 0.15) is 19.3 Å². The van der Waals surface area contributed by atoms with Crippen LogP contribution < -0.4 is 5.73 Å². The summed E-state index contributed by atoms with van der Waals surface area (Å²) in [6.45, 7) is 2.96. The quantitative estimate of drug-likeness (QED) is 0.603. The number of nitrogens with two attached hydrogens (primary N) is 1. The molecule has 0 unspecified atom stereocenters. The number of carbonyl (C=O) groups is 1. The summed E-state index contributed by atoms with van der Waals surface area (Å²) in [5, 5.41) is 0. The van der Waals surface area contributed by atoms with Gasteiger partial charge in [-0.3, -0.25) is 4.79 Å². The summed E-state index contributed by atoms with van der Waals surface area (Å²) in [5.74, 6) is 0.651. The number of hydrogen-bond donors (Lipinski definition) is 1. The standard InChI is InChI=1S/C17H23N3O2S2/c18-8-3-11-22-13-6-9-20(10-7-13)16(21)12-23-17-19-14-4-1-2-5-15(14)24-17/h1-2,4-5,13H,3,6-12,18H2. The molecule has 130 valence electrons. The molecule has 1 aliphatic rings. The number of aromatic nitrogens is 1. The van der Waals surface area contributed by atoms with Crippen LogP contribution >= 0.6 is 23.1 Å². The first-order valence-electron chi connectivity index (χ1n) is 8.34. The number of nitrogens with zero attached hydrogens (tertiary/aromatic N) is 2. The number of thioether (sulfide) groups is 1. The summed E-state index contributed by atoms with van der Waals surface area (Å²) >= 11 is 3.19. The molecule has 2 N–H and O–H groups in total. The van der Waals surface area contributed by atoms with E-state index in [0.717, 1.165) is 48.8 Å². The van der Waals surface area contributed by atoms with E-state index in [9.17, 15) is 4.79 Å². The molecule has 1 fully saturated rings. The zero-order chi connectivity index (χ0) is 16.8. The van der Waals surface area contributed by atoms with Crippen molar-refractivity contribution in [3.8, 4) is 0 Å². The van der Waals surface area contributed by atoms with Crippen molar-refractivity contribution in [2.75, 3.05) is 32.0 Å². The number of benzene rings is 1. The lowest BCUT2D eigenvalue weighted by Gasteiger charge is -2.31. The molecule has 7 heteroatoms. The van der Waals surface area contributed by atoms with E-state index in [1.54, 1.807) is 11.3 Å². The fraction of sp³-hybridized carbons (Fsp3) is 0.529. The zero-order valence-corrected chi connectivity index (χ0v) is 15.3. The van der Waals surface area contributed by atoms with Gasteiger partial charge < -0.3 is 15.4 Å². The molecule has 1 aliphatic heterocycles. The van der Waals surface area contributed by atoms with Gasteiger partial charge >= 0.3 is 0 Å². The van der Waals surface area contributed by atoms with Gasteiger partial charge in [-0.2, -0.15) is 0 Å². The van der Waals surface area contributed by atoms with Crippen molar-refractivity contribution in [2.45, 2.75) is 29.7 Å². The van der Waals surface area contributed by atoms with Crippen LogP contribution in [0.25, 0.3) is 10.2 Å². The van der Waals surface area contributed by atoms with Gasteiger partial charge in [0.15, 0.2) is 4.34 Å². The minimum absolute atomic E-state index is 0.194. The first-order valence-corrected chi connectivity index (χ1v) is 10.1. The molecule has 2 heterocycles. The minimum Gasteiger partial charge on any atom is -0.378 e. The van der Waals surface area contributed by atoms with Gasteiger partial charge in [-0.1, -0.05) is 23.9 Å². The molecule has 0 bridgehead atoms. The lowest BCUT2D eigenvalue weighted by Crippen LogP contribution is -2.41. The van der Waals surface area contributed by atoms with E-state index in [1.165, 1.54) is 16.5 Å². The van der Waals surface area contributed by atoms with Crippen LogP contribution in [0.2, 0.25) is 0 Å². The van der Waals surface area contributed by atoms with Crippen LogP contribution in [0.3, 0.4) is 0 Å². The Labute approximate surface area is 150 Å². The second kappa shape index (κ2) is 8.80. The van der Waals surface area contributed by atoms with Crippen molar-refractivity contribution in [1.82, 2.24) is 9.88 Å². The molecule has 0 spiro atoms. The average molecular weight is 366 g/mol. The van der Waals surface area contributed by atoms with E-state index in [-0.39, 0.29) is 12.0 Å². The average Bonchev–Trinajstić information content (AvgIpc) is 3.03. The van der Waals surface area contributed by atoms with Gasteiger partial charge in [-0.15, -0.1) is 11.3 Å². The van der Waals surface area contributed by atoms with Crippen LogP contribution in [0.15, 0.2) is 28.6 Å². The number of fused-ring (bicyclic) bond motifs is 1. The van der Waals surface area contributed by atoms with Gasteiger partial charge in [0, 0.05) is 19.7 Å². The summed E-state index contributed by atoms with van der Waals surface area (Å²) in [6.07, 6.45) is 3.01. The molecule has 2 aromatic rings. The van der Waals surface area contributed by atoms with Gasteiger partial charge in [0.1, 0.15) is 0 Å². The Morgan fingerprint density at radius 1 is 1.38 bits per heavy atom. The number of thiazole rings is 1. The highest BCUT2D eigenvalue weighted by Crippen LogP contribution is 2.29. The van der Waals surface area contributed by atoms with E-state index < -0.39 is 0 Å². The summed E-state index contributed by atoms with van der Waals surface area (Å²) in [6, 6.07) is 8.07. The Kier molecular flexibility index (Phi) is 6.48. The van der Waals surface area contributed by atoms with E-state index in [1.807, 2.05) is 23.1 Å². The minimum atomic E-state index is 0.194. The maximum Gasteiger partial charge on any atom is 0.233 e. The molecule has 5 nitrogen and oxygen atoms in total. The van der Waals surface area contributed by atoms with E-state index in [4.69, 9.17) is 10.5 Å². The van der Waals surface area contributed by atoms with Gasteiger partial charge in [0.2, 0.25) is 5.91 Å². The van der Waals surface area contributed by atoms with Crippen molar-refractivity contribution in [3.63, 3.8) is 0 Å². The van der Waals surface area contributed by atoms with Crippen molar-refractivity contribution in [1.29, 1.82) is 0 Å². The number of likely N-dealkylation sites (tertiary alicyclic amines) is 1. The van der Waals surface area contributed by atoms with Crippen molar-refractivity contribution in [2.24, 2.45) is 5.73 Å². The lowest BCUT2D eigenvalue weighted by atomic mass is 10.1. The maximum absolute atomic E-state index is 12.4. The van der Waals surface area contributed by atoms with E-state index in [2.05, 4.69) is 11.1 Å². The normalized spacial score (nSPS) is 16.0. The number of hydrogen-bond acceptors (Lipinski definition) is 6.